The maximum atomic E-state index is 11.1. The second-order valence-electron chi connectivity index (χ2n) is 7.51. The van der Waals surface area contributed by atoms with E-state index in [4.69, 9.17) is 14.2 Å². The molecule has 2 aliphatic rings. The number of aromatic nitrogens is 3. The van der Waals surface area contributed by atoms with Crippen molar-refractivity contribution in [2.45, 2.75) is 37.9 Å². The van der Waals surface area contributed by atoms with Crippen molar-refractivity contribution in [3.63, 3.8) is 0 Å². The SMILES string of the molecule is COc1ccc(C2OC[C@@H]3C[C@@H](n4ccc5c(C)ncnc54)[C@H](O)[C@@H]3O2)cc1. The van der Waals surface area contributed by atoms with Gasteiger partial charge in [-0.05, 0) is 31.5 Å². The van der Waals surface area contributed by atoms with E-state index in [9.17, 15) is 5.11 Å². The van der Waals surface area contributed by atoms with Crippen LogP contribution in [0.15, 0.2) is 42.9 Å². The zero-order chi connectivity index (χ0) is 19.3. The molecule has 7 heteroatoms. The summed E-state index contributed by atoms with van der Waals surface area (Å²) in [5.74, 6) is 0.935. The van der Waals surface area contributed by atoms with Crippen LogP contribution in [0.1, 0.15) is 30.0 Å². The van der Waals surface area contributed by atoms with Gasteiger partial charge < -0.3 is 23.9 Å². The van der Waals surface area contributed by atoms with Crippen LogP contribution in [0.5, 0.6) is 5.75 Å². The third-order valence-electron chi connectivity index (χ3n) is 5.94. The molecule has 3 heterocycles. The zero-order valence-corrected chi connectivity index (χ0v) is 15.9. The van der Waals surface area contributed by atoms with E-state index < -0.39 is 12.4 Å². The molecular weight excluding hydrogens is 358 g/mol. The lowest BCUT2D eigenvalue weighted by molar-refractivity contribution is -0.249. The quantitative estimate of drug-likeness (QED) is 0.752. The maximum absolute atomic E-state index is 11.1. The molecule has 5 atom stereocenters. The summed E-state index contributed by atoms with van der Waals surface area (Å²) in [6.45, 7) is 2.53. The number of hydrogen-bond acceptors (Lipinski definition) is 6. The molecule has 0 amide bonds. The highest BCUT2D eigenvalue weighted by Gasteiger charge is 2.48. The first-order chi connectivity index (χ1) is 13.7. The number of nitrogens with zero attached hydrogens (tertiary/aromatic N) is 3. The number of ether oxygens (including phenoxy) is 3. The molecule has 1 aliphatic heterocycles. The Kier molecular flexibility index (Phi) is 4.30. The fourth-order valence-corrected chi connectivity index (χ4v) is 4.41. The molecule has 1 N–H and O–H groups in total. The molecule has 1 saturated carbocycles. The standard InChI is InChI=1S/C21H23N3O4/c1-12-16-7-8-24(20(16)23-11-22-12)17-9-14-10-27-21(28-19(14)18(17)25)13-3-5-15(26-2)6-4-13/h3-8,11,14,17-19,21,25H,9-10H2,1-2H3/t14-,17+,18-,19+,21?/m0/s1. The monoisotopic (exact) mass is 381 g/mol. The Labute approximate surface area is 162 Å². The third kappa shape index (κ3) is 2.78. The largest absolute Gasteiger partial charge is 0.497 e. The number of aliphatic hydroxyl groups is 1. The highest BCUT2D eigenvalue weighted by Crippen LogP contribution is 2.44. The van der Waals surface area contributed by atoms with E-state index >= 15 is 0 Å². The predicted molar refractivity (Wildman–Crippen MR) is 102 cm³/mol. The molecule has 0 spiro atoms. The van der Waals surface area contributed by atoms with Crippen LogP contribution in [0.25, 0.3) is 11.0 Å². The molecule has 2 fully saturated rings. The molecular formula is C21H23N3O4. The van der Waals surface area contributed by atoms with Crippen LogP contribution < -0.4 is 4.74 Å². The lowest BCUT2D eigenvalue weighted by atomic mass is 10.0. The highest BCUT2D eigenvalue weighted by atomic mass is 16.7. The summed E-state index contributed by atoms with van der Waals surface area (Å²) in [5.41, 5.74) is 2.71. The number of fused-ring (bicyclic) bond motifs is 2. The molecule has 1 unspecified atom stereocenters. The minimum atomic E-state index is -0.625. The highest BCUT2D eigenvalue weighted by molar-refractivity contribution is 5.78. The van der Waals surface area contributed by atoms with Gasteiger partial charge >= 0.3 is 0 Å². The van der Waals surface area contributed by atoms with Crippen LogP contribution in [0.2, 0.25) is 0 Å². The molecule has 5 rings (SSSR count). The summed E-state index contributed by atoms with van der Waals surface area (Å²) in [6, 6.07) is 9.55. The minimum Gasteiger partial charge on any atom is -0.497 e. The molecule has 146 valence electrons. The molecule has 0 bridgehead atoms. The van der Waals surface area contributed by atoms with Crippen molar-refractivity contribution in [3.05, 3.63) is 54.1 Å². The van der Waals surface area contributed by atoms with E-state index in [0.29, 0.717) is 6.61 Å². The van der Waals surface area contributed by atoms with Gasteiger partial charge in [0, 0.05) is 23.1 Å². The van der Waals surface area contributed by atoms with Crippen LogP contribution in [-0.2, 0) is 9.47 Å². The number of aryl methyl sites for hydroxylation is 1. The Bertz CT molecular complexity index is 987. The van der Waals surface area contributed by atoms with Crippen molar-refractivity contribution in [3.8, 4) is 5.75 Å². The smallest absolute Gasteiger partial charge is 0.184 e. The summed E-state index contributed by atoms with van der Waals surface area (Å²) >= 11 is 0. The second kappa shape index (κ2) is 6.84. The Morgan fingerprint density at radius 1 is 1.18 bits per heavy atom. The fraction of sp³-hybridized carbons (Fsp3) is 0.429. The average molecular weight is 381 g/mol. The first-order valence-electron chi connectivity index (χ1n) is 9.53. The molecule has 28 heavy (non-hydrogen) atoms. The van der Waals surface area contributed by atoms with E-state index in [2.05, 4.69) is 14.5 Å². The van der Waals surface area contributed by atoms with E-state index in [1.54, 1.807) is 13.4 Å². The Balaban J connectivity index is 1.39. The lowest BCUT2D eigenvalue weighted by Crippen LogP contribution is -2.39. The van der Waals surface area contributed by atoms with Crippen LogP contribution in [0.4, 0.5) is 0 Å². The van der Waals surface area contributed by atoms with E-state index in [-0.39, 0.29) is 18.1 Å². The topological polar surface area (TPSA) is 78.6 Å². The van der Waals surface area contributed by atoms with Gasteiger partial charge in [0.15, 0.2) is 6.29 Å². The van der Waals surface area contributed by atoms with E-state index in [1.807, 2.05) is 43.5 Å². The van der Waals surface area contributed by atoms with Crippen LogP contribution in [0, 0.1) is 12.8 Å². The summed E-state index contributed by atoms with van der Waals surface area (Å²) in [5, 5.41) is 12.1. The van der Waals surface area contributed by atoms with Crippen LogP contribution >= 0.6 is 0 Å². The van der Waals surface area contributed by atoms with Gasteiger partial charge in [-0.2, -0.15) is 0 Å². The molecule has 3 aromatic rings. The molecule has 2 aromatic heterocycles. The molecule has 7 nitrogen and oxygen atoms in total. The number of methoxy groups -OCH3 is 1. The first kappa shape index (κ1) is 17.6. The van der Waals surface area contributed by atoms with Crippen molar-refractivity contribution in [2.75, 3.05) is 13.7 Å². The van der Waals surface area contributed by atoms with Gasteiger partial charge in [-0.25, -0.2) is 9.97 Å². The Morgan fingerprint density at radius 3 is 2.79 bits per heavy atom. The summed E-state index contributed by atoms with van der Waals surface area (Å²) in [7, 11) is 1.64. The molecule has 1 aliphatic carbocycles. The molecule has 0 radical (unpaired) electrons. The first-order valence-corrected chi connectivity index (χ1v) is 9.53. The van der Waals surface area contributed by atoms with Crippen molar-refractivity contribution in [1.29, 1.82) is 0 Å². The number of aliphatic hydroxyl groups excluding tert-OH is 1. The predicted octanol–water partition coefficient (Wildman–Crippen LogP) is 2.78. The number of rotatable bonds is 3. The second-order valence-corrected chi connectivity index (χ2v) is 7.51. The van der Waals surface area contributed by atoms with Gasteiger partial charge in [0.2, 0.25) is 0 Å². The molecule has 1 saturated heterocycles. The van der Waals surface area contributed by atoms with Gasteiger partial charge in [-0.15, -0.1) is 0 Å². The van der Waals surface area contributed by atoms with Gasteiger partial charge in [0.1, 0.15) is 23.8 Å². The van der Waals surface area contributed by atoms with Gasteiger partial charge in [-0.3, -0.25) is 0 Å². The number of hydrogen-bond donors (Lipinski definition) is 1. The van der Waals surface area contributed by atoms with Crippen molar-refractivity contribution in [1.82, 2.24) is 14.5 Å². The summed E-state index contributed by atoms with van der Waals surface area (Å²) in [4.78, 5) is 8.69. The van der Waals surface area contributed by atoms with E-state index in [0.717, 1.165) is 34.5 Å². The van der Waals surface area contributed by atoms with Gasteiger partial charge in [-0.1, -0.05) is 12.1 Å². The summed E-state index contributed by atoms with van der Waals surface area (Å²) in [6.07, 6.45) is 2.97. The molecule has 1 aromatic carbocycles. The normalized spacial score (nSPS) is 29.8. The Hall–Kier alpha value is -2.48. The zero-order valence-electron chi connectivity index (χ0n) is 15.9. The van der Waals surface area contributed by atoms with Crippen molar-refractivity contribution < 1.29 is 19.3 Å². The number of benzene rings is 1. The maximum Gasteiger partial charge on any atom is 0.184 e. The average Bonchev–Trinajstić information content (AvgIpc) is 3.30. The van der Waals surface area contributed by atoms with Crippen molar-refractivity contribution in [2.24, 2.45) is 5.92 Å². The Morgan fingerprint density at radius 2 is 2.00 bits per heavy atom. The minimum absolute atomic E-state index is 0.0972. The van der Waals surface area contributed by atoms with Crippen molar-refractivity contribution >= 4 is 11.0 Å². The summed E-state index contributed by atoms with van der Waals surface area (Å²) < 4.78 is 19.4. The third-order valence-corrected chi connectivity index (χ3v) is 5.94. The van der Waals surface area contributed by atoms with E-state index in [1.165, 1.54) is 0 Å². The van der Waals surface area contributed by atoms with Gasteiger partial charge in [0.05, 0.1) is 31.6 Å². The fourth-order valence-electron chi connectivity index (χ4n) is 4.41. The van der Waals surface area contributed by atoms with Crippen LogP contribution in [0.3, 0.4) is 0 Å². The lowest BCUT2D eigenvalue weighted by Gasteiger charge is -2.34. The van der Waals surface area contributed by atoms with Gasteiger partial charge in [0.25, 0.3) is 0 Å². The van der Waals surface area contributed by atoms with Crippen LogP contribution in [-0.4, -0.2) is 45.6 Å².